The van der Waals surface area contributed by atoms with Gasteiger partial charge in [0.15, 0.2) is 0 Å². The average Bonchev–Trinajstić information content (AvgIpc) is 2.83. The standard InChI is InChI=1S/C16H25NO/c1-12(2)18-15-10-6-9-14(11-15)16(17-3)13-7-4-5-8-13/h6,9-13,16-17H,4-5,7-8H2,1-3H3. The Morgan fingerprint density at radius 1 is 1.22 bits per heavy atom. The fraction of sp³-hybridized carbons (Fsp3) is 0.625. The fourth-order valence-electron chi connectivity index (χ4n) is 3.02. The molecule has 18 heavy (non-hydrogen) atoms. The summed E-state index contributed by atoms with van der Waals surface area (Å²) in [6.45, 7) is 4.14. The first-order chi connectivity index (χ1) is 8.70. The lowest BCUT2D eigenvalue weighted by Gasteiger charge is -2.24. The van der Waals surface area contributed by atoms with Crippen molar-refractivity contribution in [3.63, 3.8) is 0 Å². The van der Waals surface area contributed by atoms with Gasteiger partial charge in [-0.1, -0.05) is 25.0 Å². The Morgan fingerprint density at radius 2 is 1.94 bits per heavy atom. The minimum atomic E-state index is 0.236. The SMILES string of the molecule is CNC(c1cccc(OC(C)C)c1)C1CCCC1. The Hall–Kier alpha value is -1.02. The van der Waals surface area contributed by atoms with Gasteiger partial charge < -0.3 is 10.1 Å². The Kier molecular flexibility index (Phi) is 4.65. The van der Waals surface area contributed by atoms with E-state index in [1.54, 1.807) is 0 Å². The van der Waals surface area contributed by atoms with E-state index in [0.29, 0.717) is 6.04 Å². The Balaban J connectivity index is 2.14. The maximum atomic E-state index is 5.78. The largest absolute Gasteiger partial charge is 0.491 e. The molecule has 1 aromatic carbocycles. The molecule has 1 fully saturated rings. The Bertz CT molecular complexity index is 369. The van der Waals surface area contributed by atoms with Crippen LogP contribution < -0.4 is 10.1 Å². The quantitative estimate of drug-likeness (QED) is 0.851. The van der Waals surface area contributed by atoms with Crippen LogP contribution in [0, 0.1) is 5.92 Å². The van der Waals surface area contributed by atoms with Crippen LogP contribution in [0.2, 0.25) is 0 Å². The van der Waals surface area contributed by atoms with Crippen molar-refractivity contribution in [3.8, 4) is 5.75 Å². The molecule has 1 saturated carbocycles. The van der Waals surface area contributed by atoms with Crippen LogP contribution in [0.15, 0.2) is 24.3 Å². The smallest absolute Gasteiger partial charge is 0.120 e. The van der Waals surface area contributed by atoms with E-state index in [1.807, 2.05) is 6.07 Å². The molecule has 0 spiro atoms. The normalized spacial score (nSPS) is 18.2. The van der Waals surface area contributed by atoms with E-state index in [9.17, 15) is 0 Å². The zero-order valence-electron chi connectivity index (χ0n) is 11.8. The minimum absolute atomic E-state index is 0.236. The molecule has 0 heterocycles. The van der Waals surface area contributed by atoms with E-state index in [4.69, 9.17) is 4.74 Å². The Morgan fingerprint density at radius 3 is 2.56 bits per heavy atom. The van der Waals surface area contributed by atoms with Crippen LogP contribution in [0.3, 0.4) is 0 Å². The van der Waals surface area contributed by atoms with Gasteiger partial charge in [0.1, 0.15) is 5.75 Å². The minimum Gasteiger partial charge on any atom is -0.491 e. The molecule has 1 atom stereocenters. The molecule has 100 valence electrons. The van der Waals surface area contributed by atoms with Gasteiger partial charge in [-0.05, 0) is 57.4 Å². The highest BCUT2D eigenvalue weighted by Gasteiger charge is 2.25. The number of hydrogen-bond donors (Lipinski definition) is 1. The third kappa shape index (κ3) is 3.26. The molecule has 2 rings (SSSR count). The van der Waals surface area contributed by atoms with Gasteiger partial charge in [0.25, 0.3) is 0 Å². The second kappa shape index (κ2) is 6.24. The molecule has 0 bridgehead atoms. The molecule has 1 aromatic rings. The summed E-state index contributed by atoms with van der Waals surface area (Å²) in [7, 11) is 2.07. The van der Waals surface area contributed by atoms with E-state index in [0.717, 1.165) is 11.7 Å². The Labute approximate surface area is 111 Å². The molecule has 1 aliphatic rings. The van der Waals surface area contributed by atoms with Gasteiger partial charge in [0, 0.05) is 6.04 Å². The third-order valence-electron chi connectivity index (χ3n) is 3.77. The van der Waals surface area contributed by atoms with Crippen LogP contribution in [0.5, 0.6) is 5.75 Å². The van der Waals surface area contributed by atoms with Gasteiger partial charge in [-0.25, -0.2) is 0 Å². The third-order valence-corrected chi connectivity index (χ3v) is 3.77. The zero-order chi connectivity index (χ0) is 13.0. The van der Waals surface area contributed by atoms with Crippen molar-refractivity contribution in [2.24, 2.45) is 5.92 Å². The van der Waals surface area contributed by atoms with E-state index in [1.165, 1.54) is 31.2 Å². The van der Waals surface area contributed by atoms with Crippen LogP contribution >= 0.6 is 0 Å². The number of benzene rings is 1. The molecular weight excluding hydrogens is 222 g/mol. The summed E-state index contributed by atoms with van der Waals surface area (Å²) >= 11 is 0. The molecule has 1 unspecified atom stereocenters. The molecule has 2 heteroatoms. The van der Waals surface area contributed by atoms with Crippen molar-refractivity contribution in [3.05, 3.63) is 29.8 Å². The molecule has 0 amide bonds. The summed E-state index contributed by atoms with van der Waals surface area (Å²) in [4.78, 5) is 0. The summed E-state index contributed by atoms with van der Waals surface area (Å²) in [6, 6.07) is 9.03. The maximum absolute atomic E-state index is 5.78. The second-order valence-corrected chi connectivity index (χ2v) is 5.55. The lowest BCUT2D eigenvalue weighted by Crippen LogP contribution is -2.23. The summed E-state index contributed by atoms with van der Waals surface area (Å²) in [5.74, 6) is 1.77. The molecule has 0 saturated heterocycles. The molecule has 0 aliphatic heterocycles. The summed E-state index contributed by atoms with van der Waals surface area (Å²) in [5, 5.41) is 3.49. The summed E-state index contributed by atoms with van der Waals surface area (Å²) in [5.41, 5.74) is 1.36. The van der Waals surface area contributed by atoms with Crippen molar-refractivity contribution in [2.75, 3.05) is 7.05 Å². The molecule has 1 aliphatic carbocycles. The lowest BCUT2D eigenvalue weighted by atomic mass is 9.92. The van der Waals surface area contributed by atoms with Gasteiger partial charge in [-0.3, -0.25) is 0 Å². The van der Waals surface area contributed by atoms with Crippen molar-refractivity contribution in [1.29, 1.82) is 0 Å². The highest BCUT2D eigenvalue weighted by atomic mass is 16.5. The van der Waals surface area contributed by atoms with Crippen LogP contribution in [0.25, 0.3) is 0 Å². The highest BCUT2D eigenvalue weighted by molar-refractivity contribution is 5.31. The molecule has 2 nitrogen and oxygen atoms in total. The average molecular weight is 247 g/mol. The van der Waals surface area contributed by atoms with E-state index >= 15 is 0 Å². The molecular formula is C16H25NO. The van der Waals surface area contributed by atoms with Crippen LogP contribution in [0.4, 0.5) is 0 Å². The van der Waals surface area contributed by atoms with Crippen LogP contribution in [0.1, 0.15) is 51.1 Å². The second-order valence-electron chi connectivity index (χ2n) is 5.55. The molecule has 1 N–H and O–H groups in total. The number of ether oxygens (including phenoxy) is 1. The van der Waals surface area contributed by atoms with Crippen molar-refractivity contribution >= 4 is 0 Å². The summed E-state index contributed by atoms with van der Waals surface area (Å²) in [6.07, 6.45) is 5.69. The van der Waals surface area contributed by atoms with Crippen molar-refractivity contribution < 1.29 is 4.74 Å². The van der Waals surface area contributed by atoms with Crippen molar-refractivity contribution in [2.45, 2.75) is 51.7 Å². The first-order valence-corrected chi connectivity index (χ1v) is 7.14. The van der Waals surface area contributed by atoms with E-state index < -0.39 is 0 Å². The van der Waals surface area contributed by atoms with E-state index in [-0.39, 0.29) is 6.10 Å². The van der Waals surface area contributed by atoms with Gasteiger partial charge in [0.2, 0.25) is 0 Å². The predicted octanol–water partition coefficient (Wildman–Crippen LogP) is 3.92. The first-order valence-electron chi connectivity index (χ1n) is 7.14. The summed E-state index contributed by atoms with van der Waals surface area (Å²) < 4.78 is 5.78. The number of rotatable bonds is 5. The van der Waals surface area contributed by atoms with Gasteiger partial charge >= 0.3 is 0 Å². The molecule has 0 radical (unpaired) electrons. The number of hydrogen-bond acceptors (Lipinski definition) is 2. The maximum Gasteiger partial charge on any atom is 0.120 e. The van der Waals surface area contributed by atoms with Crippen LogP contribution in [-0.4, -0.2) is 13.2 Å². The van der Waals surface area contributed by atoms with E-state index in [2.05, 4.69) is 44.4 Å². The zero-order valence-corrected chi connectivity index (χ0v) is 11.8. The lowest BCUT2D eigenvalue weighted by molar-refractivity contribution is 0.241. The highest BCUT2D eigenvalue weighted by Crippen LogP contribution is 2.36. The first kappa shape index (κ1) is 13.4. The monoisotopic (exact) mass is 247 g/mol. The van der Waals surface area contributed by atoms with Gasteiger partial charge in [0.05, 0.1) is 6.10 Å². The topological polar surface area (TPSA) is 21.3 Å². The van der Waals surface area contributed by atoms with Gasteiger partial charge in [-0.15, -0.1) is 0 Å². The fourth-order valence-corrected chi connectivity index (χ4v) is 3.02. The van der Waals surface area contributed by atoms with Gasteiger partial charge in [-0.2, -0.15) is 0 Å². The molecule has 0 aromatic heterocycles. The van der Waals surface area contributed by atoms with Crippen LogP contribution in [-0.2, 0) is 0 Å². The predicted molar refractivity (Wildman–Crippen MR) is 76.0 cm³/mol. The van der Waals surface area contributed by atoms with Crippen molar-refractivity contribution in [1.82, 2.24) is 5.32 Å². The number of nitrogens with one attached hydrogen (secondary N) is 1.